The third kappa shape index (κ3) is 6.07. The number of hydrogen-bond acceptors (Lipinski definition) is 3. The standard InChI is InChI=1S/C11H19N3O4/c1-11(2,5-9(16)17)14-10(18)12-6-8(15)13-7-3-4-7/h7H,3-6H2,1-2H3,(H,13,15)(H,16,17)(H2,12,14,18). The van der Waals surface area contributed by atoms with E-state index in [-0.39, 0.29) is 24.9 Å². The van der Waals surface area contributed by atoms with Crippen LogP contribution in [0.5, 0.6) is 0 Å². The Hall–Kier alpha value is -1.79. The van der Waals surface area contributed by atoms with E-state index < -0.39 is 17.5 Å². The summed E-state index contributed by atoms with van der Waals surface area (Å²) in [6.07, 6.45) is 1.79. The molecule has 7 heteroatoms. The molecule has 1 aliphatic rings. The van der Waals surface area contributed by atoms with Crippen LogP contribution in [0.1, 0.15) is 33.1 Å². The Morgan fingerprint density at radius 3 is 2.39 bits per heavy atom. The van der Waals surface area contributed by atoms with E-state index in [4.69, 9.17) is 5.11 Å². The van der Waals surface area contributed by atoms with Crippen molar-refractivity contribution >= 4 is 17.9 Å². The highest BCUT2D eigenvalue weighted by Crippen LogP contribution is 2.18. The van der Waals surface area contributed by atoms with Gasteiger partial charge in [-0.25, -0.2) is 4.79 Å². The second-order valence-corrected chi connectivity index (χ2v) is 5.10. The minimum Gasteiger partial charge on any atom is -0.481 e. The van der Waals surface area contributed by atoms with Gasteiger partial charge in [0.25, 0.3) is 0 Å². The molecule has 0 saturated heterocycles. The van der Waals surface area contributed by atoms with Gasteiger partial charge >= 0.3 is 12.0 Å². The summed E-state index contributed by atoms with van der Waals surface area (Å²) >= 11 is 0. The van der Waals surface area contributed by atoms with E-state index in [2.05, 4.69) is 16.0 Å². The highest BCUT2D eigenvalue weighted by atomic mass is 16.4. The molecule has 0 atom stereocenters. The molecule has 0 radical (unpaired) electrons. The number of urea groups is 1. The lowest BCUT2D eigenvalue weighted by Gasteiger charge is -2.24. The first kappa shape index (κ1) is 14.3. The Bertz CT molecular complexity index is 350. The smallest absolute Gasteiger partial charge is 0.315 e. The third-order valence-electron chi connectivity index (χ3n) is 2.40. The van der Waals surface area contributed by atoms with E-state index in [1.54, 1.807) is 13.8 Å². The lowest BCUT2D eigenvalue weighted by molar-refractivity contribution is -0.138. The Labute approximate surface area is 105 Å². The van der Waals surface area contributed by atoms with Crippen molar-refractivity contribution in [1.29, 1.82) is 0 Å². The molecule has 0 aromatic heterocycles. The highest BCUT2D eigenvalue weighted by Gasteiger charge is 2.25. The monoisotopic (exact) mass is 257 g/mol. The predicted octanol–water partition coefficient (Wildman–Crippen LogP) is -0.182. The molecule has 0 aliphatic heterocycles. The highest BCUT2D eigenvalue weighted by molar-refractivity contribution is 5.84. The summed E-state index contributed by atoms with van der Waals surface area (Å²) in [5.74, 6) is -1.23. The van der Waals surface area contributed by atoms with Crippen LogP contribution < -0.4 is 16.0 Å². The molecule has 0 aromatic carbocycles. The number of carboxylic acid groups (broad SMARTS) is 1. The van der Waals surface area contributed by atoms with Crippen LogP contribution in [0.2, 0.25) is 0 Å². The minimum atomic E-state index is -0.994. The van der Waals surface area contributed by atoms with E-state index in [0.717, 1.165) is 12.8 Å². The zero-order chi connectivity index (χ0) is 13.8. The summed E-state index contributed by atoms with van der Waals surface area (Å²) in [6.45, 7) is 3.10. The molecule has 1 rings (SSSR count). The van der Waals surface area contributed by atoms with Crippen molar-refractivity contribution in [3.8, 4) is 0 Å². The van der Waals surface area contributed by atoms with E-state index in [9.17, 15) is 14.4 Å². The number of carbonyl (C=O) groups excluding carboxylic acids is 2. The number of hydrogen-bond donors (Lipinski definition) is 4. The molecule has 1 saturated carbocycles. The van der Waals surface area contributed by atoms with Crippen LogP contribution in [0, 0.1) is 0 Å². The van der Waals surface area contributed by atoms with Crippen molar-refractivity contribution < 1.29 is 19.5 Å². The summed E-state index contributed by atoms with van der Waals surface area (Å²) < 4.78 is 0. The summed E-state index contributed by atoms with van der Waals surface area (Å²) in [7, 11) is 0. The first-order chi connectivity index (χ1) is 8.28. The van der Waals surface area contributed by atoms with E-state index >= 15 is 0 Å². The fraction of sp³-hybridized carbons (Fsp3) is 0.727. The van der Waals surface area contributed by atoms with Crippen LogP contribution in [0.3, 0.4) is 0 Å². The predicted molar refractivity (Wildman–Crippen MR) is 64.0 cm³/mol. The van der Waals surface area contributed by atoms with Gasteiger partial charge in [0.2, 0.25) is 5.91 Å². The van der Waals surface area contributed by atoms with E-state index in [0.29, 0.717) is 0 Å². The zero-order valence-corrected chi connectivity index (χ0v) is 10.6. The van der Waals surface area contributed by atoms with Gasteiger partial charge < -0.3 is 21.1 Å². The number of carboxylic acids is 1. The van der Waals surface area contributed by atoms with Crippen LogP contribution in [0.15, 0.2) is 0 Å². The molecule has 0 aromatic rings. The number of amides is 3. The first-order valence-electron chi connectivity index (χ1n) is 5.86. The van der Waals surface area contributed by atoms with E-state index in [1.807, 2.05) is 0 Å². The molecular formula is C11H19N3O4. The fourth-order valence-corrected chi connectivity index (χ4v) is 1.44. The number of aliphatic carboxylic acids is 1. The topological polar surface area (TPSA) is 108 Å². The summed E-state index contributed by atoms with van der Waals surface area (Å²) in [6, 6.07) is -0.294. The van der Waals surface area contributed by atoms with Crippen LogP contribution in [0.4, 0.5) is 4.79 Å². The second kappa shape index (κ2) is 5.70. The molecule has 0 spiro atoms. The lowest BCUT2D eigenvalue weighted by Crippen LogP contribution is -2.51. The molecular weight excluding hydrogens is 238 g/mol. The van der Waals surface area contributed by atoms with Crippen molar-refractivity contribution in [3.63, 3.8) is 0 Å². The number of rotatable bonds is 6. The zero-order valence-electron chi connectivity index (χ0n) is 10.6. The van der Waals surface area contributed by atoms with Gasteiger partial charge in [-0.2, -0.15) is 0 Å². The summed E-state index contributed by atoms with van der Waals surface area (Å²) in [5, 5.41) is 16.3. The minimum absolute atomic E-state index is 0.106. The van der Waals surface area contributed by atoms with Gasteiger partial charge in [-0.15, -0.1) is 0 Å². The molecule has 1 aliphatic carbocycles. The van der Waals surface area contributed by atoms with Crippen molar-refractivity contribution in [2.75, 3.05) is 6.54 Å². The Balaban J connectivity index is 2.23. The van der Waals surface area contributed by atoms with Gasteiger partial charge in [-0.1, -0.05) is 0 Å². The number of nitrogens with one attached hydrogen (secondary N) is 3. The molecule has 0 heterocycles. The van der Waals surface area contributed by atoms with Gasteiger partial charge in [0, 0.05) is 11.6 Å². The van der Waals surface area contributed by atoms with Crippen molar-refractivity contribution in [3.05, 3.63) is 0 Å². The molecule has 7 nitrogen and oxygen atoms in total. The Kier molecular flexibility index (Phi) is 4.52. The SMILES string of the molecule is CC(C)(CC(=O)O)NC(=O)NCC(=O)NC1CC1. The quantitative estimate of drug-likeness (QED) is 0.529. The maximum Gasteiger partial charge on any atom is 0.315 e. The molecule has 18 heavy (non-hydrogen) atoms. The molecule has 0 unspecified atom stereocenters. The largest absolute Gasteiger partial charge is 0.481 e. The normalized spacial score (nSPS) is 14.8. The van der Waals surface area contributed by atoms with Gasteiger partial charge in [-0.05, 0) is 26.7 Å². The van der Waals surface area contributed by atoms with Gasteiger partial charge in [0.1, 0.15) is 0 Å². The van der Waals surface area contributed by atoms with E-state index in [1.165, 1.54) is 0 Å². The fourth-order valence-electron chi connectivity index (χ4n) is 1.44. The third-order valence-corrected chi connectivity index (χ3v) is 2.40. The van der Waals surface area contributed by atoms with Crippen molar-refractivity contribution in [2.24, 2.45) is 0 Å². The Morgan fingerprint density at radius 2 is 1.89 bits per heavy atom. The van der Waals surface area contributed by atoms with Gasteiger partial charge in [0.05, 0.1) is 13.0 Å². The second-order valence-electron chi connectivity index (χ2n) is 5.10. The van der Waals surface area contributed by atoms with Crippen LogP contribution in [-0.2, 0) is 9.59 Å². The summed E-state index contributed by atoms with van der Waals surface area (Å²) in [5.41, 5.74) is -0.858. The maximum absolute atomic E-state index is 11.5. The molecule has 102 valence electrons. The molecule has 4 N–H and O–H groups in total. The average molecular weight is 257 g/mol. The summed E-state index contributed by atoms with van der Waals surface area (Å²) in [4.78, 5) is 33.3. The van der Waals surface area contributed by atoms with Crippen molar-refractivity contribution in [1.82, 2.24) is 16.0 Å². The van der Waals surface area contributed by atoms with Gasteiger partial charge in [-0.3, -0.25) is 9.59 Å². The maximum atomic E-state index is 11.5. The first-order valence-corrected chi connectivity index (χ1v) is 5.86. The Morgan fingerprint density at radius 1 is 1.28 bits per heavy atom. The number of carbonyl (C=O) groups is 3. The van der Waals surface area contributed by atoms with Crippen LogP contribution in [0.25, 0.3) is 0 Å². The van der Waals surface area contributed by atoms with Crippen LogP contribution in [-0.4, -0.2) is 41.1 Å². The average Bonchev–Trinajstić information content (AvgIpc) is 2.95. The van der Waals surface area contributed by atoms with Crippen LogP contribution >= 0.6 is 0 Å². The lowest BCUT2D eigenvalue weighted by atomic mass is 10.0. The molecule has 1 fully saturated rings. The van der Waals surface area contributed by atoms with Crippen molar-refractivity contribution in [2.45, 2.75) is 44.7 Å². The molecule has 0 bridgehead atoms. The van der Waals surface area contributed by atoms with Gasteiger partial charge in [0.15, 0.2) is 0 Å². The molecule has 3 amide bonds.